The van der Waals surface area contributed by atoms with Gasteiger partial charge in [-0.3, -0.25) is 0 Å². The van der Waals surface area contributed by atoms with Gasteiger partial charge in [-0.15, -0.1) is 0 Å². The molecule has 3 heteroatoms. The van der Waals surface area contributed by atoms with Crippen LogP contribution in [0.15, 0.2) is 42.5 Å². The normalized spacial score (nSPS) is 12.5. The predicted octanol–water partition coefficient (Wildman–Crippen LogP) is 4.17. The fraction of sp³-hybridized carbons (Fsp3) is 0.143. The molecule has 0 bridgehead atoms. The fourth-order valence-electron chi connectivity index (χ4n) is 1.69. The standard InChI is InChI=1S/C14H13ClFN/c1-9(17)10-2-4-11(5-3-10)13-7-6-12(15)8-14(13)16/h2-9H,17H2,1H3. The van der Waals surface area contributed by atoms with Gasteiger partial charge in [0.05, 0.1) is 0 Å². The molecular formula is C14H13ClFN. The van der Waals surface area contributed by atoms with E-state index in [1.807, 2.05) is 31.2 Å². The van der Waals surface area contributed by atoms with Crippen LogP contribution in [0.25, 0.3) is 11.1 Å². The maximum atomic E-state index is 13.7. The van der Waals surface area contributed by atoms with Crippen molar-refractivity contribution in [1.29, 1.82) is 0 Å². The fourth-order valence-corrected chi connectivity index (χ4v) is 1.85. The Bertz CT molecular complexity index is 520. The van der Waals surface area contributed by atoms with Crippen LogP contribution in [0.1, 0.15) is 18.5 Å². The highest BCUT2D eigenvalue weighted by Gasteiger charge is 2.06. The minimum Gasteiger partial charge on any atom is -0.324 e. The summed E-state index contributed by atoms with van der Waals surface area (Å²) in [4.78, 5) is 0. The predicted molar refractivity (Wildman–Crippen MR) is 69.4 cm³/mol. The van der Waals surface area contributed by atoms with Crippen molar-refractivity contribution < 1.29 is 4.39 Å². The van der Waals surface area contributed by atoms with Gasteiger partial charge >= 0.3 is 0 Å². The lowest BCUT2D eigenvalue weighted by Gasteiger charge is -2.08. The average molecular weight is 250 g/mol. The highest BCUT2D eigenvalue weighted by atomic mass is 35.5. The van der Waals surface area contributed by atoms with Crippen molar-refractivity contribution in [2.75, 3.05) is 0 Å². The summed E-state index contributed by atoms with van der Waals surface area (Å²) in [6.07, 6.45) is 0. The third-order valence-corrected chi connectivity index (χ3v) is 2.91. The van der Waals surface area contributed by atoms with E-state index in [4.69, 9.17) is 17.3 Å². The Morgan fingerprint density at radius 1 is 1.12 bits per heavy atom. The quantitative estimate of drug-likeness (QED) is 0.850. The van der Waals surface area contributed by atoms with Crippen molar-refractivity contribution in [2.45, 2.75) is 13.0 Å². The van der Waals surface area contributed by atoms with Gasteiger partial charge in [0.1, 0.15) is 5.82 Å². The lowest BCUT2D eigenvalue weighted by atomic mass is 10.0. The molecule has 2 N–H and O–H groups in total. The van der Waals surface area contributed by atoms with Crippen molar-refractivity contribution in [3.8, 4) is 11.1 Å². The monoisotopic (exact) mass is 249 g/mol. The van der Waals surface area contributed by atoms with Crippen molar-refractivity contribution in [2.24, 2.45) is 5.73 Å². The Morgan fingerprint density at radius 2 is 1.76 bits per heavy atom. The molecule has 1 nitrogen and oxygen atoms in total. The van der Waals surface area contributed by atoms with Gasteiger partial charge in [-0.2, -0.15) is 0 Å². The van der Waals surface area contributed by atoms with Gasteiger partial charge in [-0.05, 0) is 36.2 Å². The van der Waals surface area contributed by atoms with Crippen LogP contribution in [-0.4, -0.2) is 0 Å². The molecule has 2 aromatic rings. The van der Waals surface area contributed by atoms with E-state index < -0.39 is 0 Å². The molecule has 0 aliphatic rings. The molecular weight excluding hydrogens is 237 g/mol. The minimum atomic E-state index is -0.314. The molecule has 0 heterocycles. The van der Waals surface area contributed by atoms with Crippen molar-refractivity contribution in [3.63, 3.8) is 0 Å². The van der Waals surface area contributed by atoms with E-state index in [1.54, 1.807) is 12.1 Å². The van der Waals surface area contributed by atoms with Gasteiger partial charge in [-0.25, -0.2) is 4.39 Å². The average Bonchev–Trinajstić information content (AvgIpc) is 2.29. The van der Waals surface area contributed by atoms with Gasteiger partial charge in [-0.1, -0.05) is 35.9 Å². The lowest BCUT2D eigenvalue weighted by Crippen LogP contribution is -2.04. The van der Waals surface area contributed by atoms with Crippen LogP contribution in [-0.2, 0) is 0 Å². The summed E-state index contributed by atoms with van der Waals surface area (Å²) in [5.41, 5.74) is 8.16. The van der Waals surface area contributed by atoms with E-state index in [-0.39, 0.29) is 11.9 Å². The largest absolute Gasteiger partial charge is 0.324 e. The first-order chi connectivity index (χ1) is 8.08. The Kier molecular flexibility index (Phi) is 3.46. The number of hydrogen-bond acceptors (Lipinski definition) is 1. The first kappa shape index (κ1) is 12.1. The molecule has 0 aromatic heterocycles. The third kappa shape index (κ3) is 2.65. The van der Waals surface area contributed by atoms with Crippen molar-refractivity contribution in [3.05, 3.63) is 58.9 Å². The molecule has 1 unspecified atom stereocenters. The Hall–Kier alpha value is -1.38. The first-order valence-corrected chi connectivity index (χ1v) is 5.76. The Morgan fingerprint density at radius 3 is 2.29 bits per heavy atom. The minimum absolute atomic E-state index is 0.0147. The molecule has 17 heavy (non-hydrogen) atoms. The number of benzene rings is 2. The summed E-state index contributed by atoms with van der Waals surface area (Å²) in [5.74, 6) is -0.314. The van der Waals surface area contributed by atoms with E-state index in [1.165, 1.54) is 6.07 Å². The maximum absolute atomic E-state index is 13.7. The molecule has 2 aromatic carbocycles. The summed E-state index contributed by atoms with van der Waals surface area (Å²) < 4.78 is 13.7. The van der Waals surface area contributed by atoms with Gasteiger partial charge in [0.2, 0.25) is 0 Å². The van der Waals surface area contributed by atoms with Crippen LogP contribution in [0.2, 0.25) is 5.02 Å². The molecule has 0 fully saturated rings. The number of hydrogen-bond donors (Lipinski definition) is 1. The molecule has 0 aliphatic heterocycles. The van der Waals surface area contributed by atoms with Crippen molar-refractivity contribution >= 4 is 11.6 Å². The van der Waals surface area contributed by atoms with E-state index >= 15 is 0 Å². The summed E-state index contributed by atoms with van der Waals surface area (Å²) in [6.45, 7) is 1.91. The number of nitrogens with two attached hydrogens (primary N) is 1. The van der Waals surface area contributed by atoms with E-state index in [0.29, 0.717) is 10.6 Å². The first-order valence-electron chi connectivity index (χ1n) is 5.39. The Labute approximate surface area is 105 Å². The van der Waals surface area contributed by atoms with E-state index in [0.717, 1.165) is 11.1 Å². The highest BCUT2D eigenvalue weighted by molar-refractivity contribution is 6.30. The molecule has 2 rings (SSSR count). The zero-order chi connectivity index (χ0) is 12.4. The van der Waals surface area contributed by atoms with Gasteiger partial charge < -0.3 is 5.73 Å². The van der Waals surface area contributed by atoms with Crippen molar-refractivity contribution in [1.82, 2.24) is 0 Å². The second kappa shape index (κ2) is 4.86. The SMILES string of the molecule is CC(N)c1ccc(-c2ccc(Cl)cc2F)cc1. The lowest BCUT2D eigenvalue weighted by molar-refractivity contribution is 0.631. The molecule has 1 atom stereocenters. The smallest absolute Gasteiger partial charge is 0.132 e. The molecule has 0 aliphatic carbocycles. The van der Waals surface area contributed by atoms with Crippen LogP contribution >= 0.6 is 11.6 Å². The zero-order valence-corrected chi connectivity index (χ0v) is 10.2. The Balaban J connectivity index is 2.40. The summed E-state index contributed by atoms with van der Waals surface area (Å²) in [7, 11) is 0. The zero-order valence-electron chi connectivity index (χ0n) is 9.45. The van der Waals surface area contributed by atoms with Crippen LogP contribution < -0.4 is 5.73 Å². The summed E-state index contributed by atoms with van der Waals surface area (Å²) in [6, 6.07) is 12.2. The van der Waals surface area contributed by atoms with Gasteiger partial charge in [0.25, 0.3) is 0 Å². The topological polar surface area (TPSA) is 26.0 Å². The molecule has 0 radical (unpaired) electrons. The maximum Gasteiger partial charge on any atom is 0.132 e. The second-order valence-electron chi connectivity index (χ2n) is 4.03. The number of halogens is 2. The molecule has 0 saturated heterocycles. The molecule has 0 amide bonds. The molecule has 0 saturated carbocycles. The second-order valence-corrected chi connectivity index (χ2v) is 4.47. The molecule has 88 valence electrons. The third-order valence-electron chi connectivity index (χ3n) is 2.68. The van der Waals surface area contributed by atoms with E-state index in [2.05, 4.69) is 0 Å². The van der Waals surface area contributed by atoms with Crippen LogP contribution in [0.5, 0.6) is 0 Å². The summed E-state index contributed by atoms with van der Waals surface area (Å²) >= 11 is 5.71. The summed E-state index contributed by atoms with van der Waals surface area (Å²) in [5, 5.41) is 0.401. The van der Waals surface area contributed by atoms with Gasteiger partial charge in [0.15, 0.2) is 0 Å². The molecule has 0 spiro atoms. The number of rotatable bonds is 2. The van der Waals surface area contributed by atoms with Crippen LogP contribution in [0.3, 0.4) is 0 Å². The van der Waals surface area contributed by atoms with E-state index in [9.17, 15) is 4.39 Å². The van der Waals surface area contributed by atoms with Crippen LogP contribution in [0, 0.1) is 5.82 Å². The van der Waals surface area contributed by atoms with Gasteiger partial charge in [0, 0.05) is 16.6 Å². The highest BCUT2D eigenvalue weighted by Crippen LogP contribution is 2.26. The van der Waals surface area contributed by atoms with Crippen LogP contribution in [0.4, 0.5) is 4.39 Å².